The summed E-state index contributed by atoms with van der Waals surface area (Å²) in [6, 6.07) is 10.6. The van der Waals surface area contributed by atoms with E-state index in [2.05, 4.69) is 35.6 Å². The summed E-state index contributed by atoms with van der Waals surface area (Å²) >= 11 is 5.85. The molecule has 0 heterocycles. The molecular weight excluding hydrogens is 206 g/mol. The molecule has 0 bridgehead atoms. The maximum atomic E-state index is 5.85. The monoisotopic (exact) mass is 225 g/mol. The first-order chi connectivity index (χ1) is 7.29. The summed E-state index contributed by atoms with van der Waals surface area (Å²) in [7, 11) is 0. The Bertz CT molecular complexity index is 246. The third-order valence-corrected chi connectivity index (χ3v) is 2.60. The van der Waals surface area contributed by atoms with Gasteiger partial charge in [-0.2, -0.15) is 0 Å². The van der Waals surface area contributed by atoms with Gasteiger partial charge >= 0.3 is 0 Å². The van der Waals surface area contributed by atoms with Crippen LogP contribution in [0.1, 0.15) is 25.3 Å². The molecule has 0 aromatic heterocycles. The first kappa shape index (κ1) is 12.5. The molecule has 1 aromatic rings. The van der Waals surface area contributed by atoms with E-state index in [1.54, 1.807) is 0 Å². The fraction of sp³-hybridized carbons (Fsp3) is 0.538. The first-order valence-corrected chi connectivity index (χ1v) is 6.11. The van der Waals surface area contributed by atoms with Gasteiger partial charge in [-0.05, 0) is 44.8 Å². The van der Waals surface area contributed by atoms with Gasteiger partial charge in [-0.25, -0.2) is 0 Å². The SMILES string of the molecule is CC(Cl)CCNCCCc1ccccc1. The van der Waals surface area contributed by atoms with Gasteiger partial charge in [0.1, 0.15) is 0 Å². The van der Waals surface area contributed by atoms with Crippen LogP contribution in [-0.4, -0.2) is 18.5 Å². The molecule has 0 aliphatic rings. The molecule has 0 aliphatic heterocycles. The van der Waals surface area contributed by atoms with Crippen LogP contribution in [-0.2, 0) is 6.42 Å². The van der Waals surface area contributed by atoms with Gasteiger partial charge in [-0.15, -0.1) is 11.6 Å². The highest BCUT2D eigenvalue weighted by Crippen LogP contribution is 2.01. The Morgan fingerprint density at radius 3 is 2.60 bits per heavy atom. The lowest BCUT2D eigenvalue weighted by Crippen LogP contribution is -2.19. The number of hydrogen-bond donors (Lipinski definition) is 1. The largest absolute Gasteiger partial charge is 0.317 e. The second-order valence-electron chi connectivity index (χ2n) is 3.91. The van der Waals surface area contributed by atoms with Gasteiger partial charge < -0.3 is 5.32 Å². The Balaban J connectivity index is 1.98. The molecule has 1 N–H and O–H groups in total. The molecule has 15 heavy (non-hydrogen) atoms. The van der Waals surface area contributed by atoms with Crippen molar-refractivity contribution in [2.45, 2.75) is 31.6 Å². The molecule has 0 aliphatic carbocycles. The highest BCUT2D eigenvalue weighted by molar-refractivity contribution is 6.20. The van der Waals surface area contributed by atoms with E-state index in [-0.39, 0.29) is 5.38 Å². The van der Waals surface area contributed by atoms with Crippen LogP contribution in [0.3, 0.4) is 0 Å². The molecule has 0 saturated heterocycles. The topological polar surface area (TPSA) is 12.0 Å². The van der Waals surface area contributed by atoms with Gasteiger partial charge in [-0.1, -0.05) is 30.3 Å². The molecule has 2 heteroatoms. The summed E-state index contributed by atoms with van der Waals surface area (Å²) in [5, 5.41) is 3.69. The Hall–Kier alpha value is -0.530. The summed E-state index contributed by atoms with van der Waals surface area (Å²) in [5.74, 6) is 0. The molecule has 1 aromatic carbocycles. The van der Waals surface area contributed by atoms with E-state index in [0.29, 0.717) is 0 Å². The zero-order valence-electron chi connectivity index (χ0n) is 9.38. The van der Waals surface area contributed by atoms with Gasteiger partial charge in [0.2, 0.25) is 0 Å². The summed E-state index contributed by atoms with van der Waals surface area (Å²) in [6.45, 7) is 4.14. The average Bonchev–Trinajstić information content (AvgIpc) is 2.24. The third-order valence-electron chi connectivity index (χ3n) is 2.38. The predicted molar refractivity (Wildman–Crippen MR) is 67.6 cm³/mol. The number of aryl methyl sites for hydroxylation is 1. The predicted octanol–water partition coefficient (Wildman–Crippen LogP) is 3.23. The van der Waals surface area contributed by atoms with E-state index in [1.165, 1.54) is 12.0 Å². The van der Waals surface area contributed by atoms with Gasteiger partial charge in [0.05, 0.1) is 0 Å². The molecule has 84 valence electrons. The van der Waals surface area contributed by atoms with E-state index in [9.17, 15) is 0 Å². The van der Waals surface area contributed by atoms with E-state index < -0.39 is 0 Å². The maximum Gasteiger partial charge on any atom is 0.0319 e. The summed E-state index contributed by atoms with van der Waals surface area (Å²) in [5.41, 5.74) is 1.42. The fourth-order valence-corrected chi connectivity index (χ4v) is 1.60. The number of halogens is 1. The van der Waals surface area contributed by atoms with E-state index in [1.807, 2.05) is 6.92 Å². The van der Waals surface area contributed by atoms with Crippen molar-refractivity contribution in [2.75, 3.05) is 13.1 Å². The van der Waals surface area contributed by atoms with Gasteiger partial charge in [0.15, 0.2) is 0 Å². The number of hydrogen-bond acceptors (Lipinski definition) is 1. The number of benzene rings is 1. The minimum absolute atomic E-state index is 0.284. The van der Waals surface area contributed by atoms with Crippen molar-refractivity contribution in [3.63, 3.8) is 0 Å². The number of nitrogens with one attached hydrogen (secondary N) is 1. The van der Waals surface area contributed by atoms with Crippen LogP contribution in [0.4, 0.5) is 0 Å². The first-order valence-electron chi connectivity index (χ1n) is 5.68. The summed E-state index contributed by atoms with van der Waals surface area (Å²) in [6.07, 6.45) is 3.40. The molecule has 0 amide bonds. The smallest absolute Gasteiger partial charge is 0.0319 e. The van der Waals surface area contributed by atoms with Crippen LogP contribution in [0.25, 0.3) is 0 Å². The van der Waals surface area contributed by atoms with E-state index >= 15 is 0 Å². The Kier molecular flexibility index (Phi) is 6.45. The number of rotatable bonds is 7. The molecule has 0 fully saturated rings. The zero-order valence-corrected chi connectivity index (χ0v) is 10.1. The maximum absolute atomic E-state index is 5.85. The molecular formula is C13H20ClN. The second-order valence-corrected chi connectivity index (χ2v) is 4.65. The van der Waals surface area contributed by atoms with Crippen molar-refractivity contribution in [1.29, 1.82) is 0 Å². The van der Waals surface area contributed by atoms with Crippen molar-refractivity contribution in [1.82, 2.24) is 5.32 Å². The van der Waals surface area contributed by atoms with E-state index in [4.69, 9.17) is 11.6 Å². The van der Waals surface area contributed by atoms with Crippen molar-refractivity contribution < 1.29 is 0 Å². The van der Waals surface area contributed by atoms with Crippen LogP contribution in [0.2, 0.25) is 0 Å². The average molecular weight is 226 g/mol. The molecule has 0 spiro atoms. The Labute approximate surface area is 97.8 Å². The number of alkyl halides is 1. The lowest BCUT2D eigenvalue weighted by atomic mass is 10.1. The quantitative estimate of drug-likeness (QED) is 0.555. The van der Waals surface area contributed by atoms with Crippen molar-refractivity contribution in [2.24, 2.45) is 0 Å². The van der Waals surface area contributed by atoms with Gasteiger partial charge in [0, 0.05) is 5.38 Å². The minimum Gasteiger partial charge on any atom is -0.317 e. The highest BCUT2D eigenvalue weighted by Gasteiger charge is 1.95. The lowest BCUT2D eigenvalue weighted by molar-refractivity contribution is 0.619. The van der Waals surface area contributed by atoms with Crippen molar-refractivity contribution >= 4 is 11.6 Å². The molecule has 0 radical (unpaired) electrons. The summed E-state index contributed by atoms with van der Waals surface area (Å²) in [4.78, 5) is 0. The zero-order chi connectivity index (χ0) is 10.9. The normalized spacial score (nSPS) is 12.7. The third kappa shape index (κ3) is 6.53. The second kappa shape index (κ2) is 7.72. The lowest BCUT2D eigenvalue weighted by Gasteiger charge is -2.05. The molecule has 1 nitrogen and oxygen atoms in total. The Morgan fingerprint density at radius 1 is 1.20 bits per heavy atom. The highest BCUT2D eigenvalue weighted by atomic mass is 35.5. The van der Waals surface area contributed by atoms with Crippen LogP contribution in [0.15, 0.2) is 30.3 Å². The van der Waals surface area contributed by atoms with E-state index in [0.717, 1.165) is 25.9 Å². The standard InChI is InChI=1S/C13H20ClN/c1-12(14)9-11-15-10-5-8-13-6-3-2-4-7-13/h2-4,6-7,12,15H,5,8-11H2,1H3. The van der Waals surface area contributed by atoms with Gasteiger partial charge in [-0.3, -0.25) is 0 Å². The van der Waals surface area contributed by atoms with Crippen molar-refractivity contribution in [3.05, 3.63) is 35.9 Å². The molecule has 1 rings (SSSR count). The van der Waals surface area contributed by atoms with Gasteiger partial charge in [0.25, 0.3) is 0 Å². The summed E-state index contributed by atoms with van der Waals surface area (Å²) < 4.78 is 0. The Morgan fingerprint density at radius 2 is 1.93 bits per heavy atom. The molecule has 0 saturated carbocycles. The molecule has 1 atom stereocenters. The minimum atomic E-state index is 0.284. The van der Waals surface area contributed by atoms with Crippen LogP contribution in [0.5, 0.6) is 0 Å². The van der Waals surface area contributed by atoms with Crippen molar-refractivity contribution in [3.8, 4) is 0 Å². The fourth-order valence-electron chi connectivity index (χ4n) is 1.49. The van der Waals surface area contributed by atoms with Crippen LogP contribution in [0, 0.1) is 0 Å². The molecule has 1 unspecified atom stereocenters. The van der Waals surface area contributed by atoms with Crippen LogP contribution >= 0.6 is 11.6 Å². The van der Waals surface area contributed by atoms with Crippen LogP contribution < -0.4 is 5.32 Å².